The summed E-state index contributed by atoms with van der Waals surface area (Å²) in [5, 5.41) is 1.04. The molecule has 1 amide bonds. The van der Waals surface area contributed by atoms with Gasteiger partial charge in [-0.05, 0) is 50.7 Å². The highest BCUT2D eigenvalue weighted by molar-refractivity contribution is 6.42. The van der Waals surface area contributed by atoms with E-state index in [2.05, 4.69) is 21.7 Å². The molecule has 24 heavy (non-hydrogen) atoms. The lowest BCUT2D eigenvalue weighted by atomic mass is 10.1. The predicted molar refractivity (Wildman–Crippen MR) is 98.8 cm³/mol. The van der Waals surface area contributed by atoms with Gasteiger partial charge >= 0.3 is 0 Å². The normalized spacial score (nSPS) is 23.0. The summed E-state index contributed by atoms with van der Waals surface area (Å²) in [6.45, 7) is 5.99. The Morgan fingerprint density at radius 1 is 1.12 bits per heavy atom. The molecule has 0 unspecified atom stereocenters. The molecular formula is C18H25Cl2N3O. The monoisotopic (exact) mass is 369 g/mol. The molecule has 2 fully saturated rings. The van der Waals surface area contributed by atoms with Crippen LogP contribution in [-0.4, -0.2) is 73.0 Å². The van der Waals surface area contributed by atoms with Gasteiger partial charge in [-0.25, -0.2) is 0 Å². The molecule has 2 saturated heterocycles. The molecule has 4 nitrogen and oxygen atoms in total. The minimum Gasteiger partial charge on any atom is -0.336 e. The number of piperazine rings is 1. The molecule has 0 radical (unpaired) electrons. The van der Waals surface area contributed by atoms with Crippen molar-refractivity contribution in [3.8, 4) is 0 Å². The van der Waals surface area contributed by atoms with Crippen LogP contribution in [0.1, 0.15) is 18.4 Å². The highest BCUT2D eigenvalue weighted by Gasteiger charge is 2.31. The smallest absolute Gasteiger partial charge is 0.227 e. The number of rotatable bonds is 4. The van der Waals surface area contributed by atoms with Crippen molar-refractivity contribution in [3.63, 3.8) is 0 Å². The lowest BCUT2D eigenvalue weighted by molar-refractivity contribution is -0.135. The Morgan fingerprint density at radius 2 is 1.88 bits per heavy atom. The molecule has 0 spiro atoms. The first-order valence-electron chi connectivity index (χ1n) is 8.67. The zero-order chi connectivity index (χ0) is 17.1. The maximum absolute atomic E-state index is 12.9. The van der Waals surface area contributed by atoms with Crippen molar-refractivity contribution in [1.29, 1.82) is 0 Å². The van der Waals surface area contributed by atoms with Gasteiger partial charge in [0, 0.05) is 26.2 Å². The Labute approximate surface area is 154 Å². The van der Waals surface area contributed by atoms with Crippen molar-refractivity contribution in [1.82, 2.24) is 14.7 Å². The van der Waals surface area contributed by atoms with Gasteiger partial charge < -0.3 is 14.7 Å². The molecule has 2 aliphatic rings. The summed E-state index contributed by atoms with van der Waals surface area (Å²) >= 11 is 12.0. The SMILES string of the molecule is CN1CCN(C(=O)Cc2ccc(Cl)c(Cl)c2)[C@H](CN2CCCC2)C1. The van der Waals surface area contributed by atoms with E-state index in [9.17, 15) is 4.79 Å². The minimum atomic E-state index is 0.186. The number of benzene rings is 1. The fourth-order valence-electron chi connectivity index (χ4n) is 3.68. The zero-order valence-corrected chi connectivity index (χ0v) is 15.7. The maximum atomic E-state index is 12.9. The molecular weight excluding hydrogens is 345 g/mol. The predicted octanol–water partition coefficient (Wildman–Crippen LogP) is 2.77. The maximum Gasteiger partial charge on any atom is 0.227 e. The Bertz CT molecular complexity index is 590. The first-order chi connectivity index (χ1) is 11.5. The summed E-state index contributed by atoms with van der Waals surface area (Å²) in [5.74, 6) is 0.186. The van der Waals surface area contributed by atoms with E-state index in [1.54, 1.807) is 12.1 Å². The number of nitrogens with zero attached hydrogens (tertiary/aromatic N) is 3. The standard InChI is InChI=1S/C18H25Cl2N3O/c1-21-8-9-23(15(12-21)13-22-6-2-3-7-22)18(24)11-14-4-5-16(19)17(20)10-14/h4-5,10,15H,2-3,6-9,11-13H2,1H3/t15-/m0/s1. The fraction of sp³-hybridized carbons (Fsp3) is 0.611. The fourth-order valence-corrected chi connectivity index (χ4v) is 4.00. The number of hydrogen-bond donors (Lipinski definition) is 0. The lowest BCUT2D eigenvalue weighted by Gasteiger charge is -2.41. The van der Waals surface area contributed by atoms with Gasteiger partial charge in [-0.2, -0.15) is 0 Å². The average Bonchev–Trinajstić information content (AvgIpc) is 3.04. The van der Waals surface area contributed by atoms with Crippen molar-refractivity contribution >= 4 is 29.1 Å². The zero-order valence-electron chi connectivity index (χ0n) is 14.2. The second-order valence-electron chi connectivity index (χ2n) is 6.94. The molecule has 0 bridgehead atoms. The van der Waals surface area contributed by atoms with Gasteiger partial charge in [0.15, 0.2) is 0 Å². The summed E-state index contributed by atoms with van der Waals surface area (Å²) < 4.78 is 0. The lowest BCUT2D eigenvalue weighted by Crippen LogP contribution is -2.58. The van der Waals surface area contributed by atoms with E-state index < -0.39 is 0 Å². The van der Waals surface area contributed by atoms with E-state index in [0.29, 0.717) is 16.5 Å². The van der Waals surface area contributed by atoms with Crippen LogP contribution in [-0.2, 0) is 11.2 Å². The van der Waals surface area contributed by atoms with Crippen LogP contribution in [0.4, 0.5) is 0 Å². The Hall–Kier alpha value is -0.810. The summed E-state index contributed by atoms with van der Waals surface area (Å²) in [7, 11) is 2.14. The number of carbonyl (C=O) groups is 1. The highest BCUT2D eigenvalue weighted by Crippen LogP contribution is 2.23. The van der Waals surface area contributed by atoms with E-state index in [1.165, 1.54) is 12.8 Å². The average molecular weight is 370 g/mol. The topological polar surface area (TPSA) is 26.8 Å². The summed E-state index contributed by atoms with van der Waals surface area (Å²) in [6, 6.07) is 5.72. The number of carbonyl (C=O) groups excluding carboxylic acids is 1. The molecule has 0 aliphatic carbocycles. The molecule has 1 aromatic carbocycles. The van der Waals surface area contributed by atoms with E-state index in [0.717, 1.165) is 44.8 Å². The van der Waals surface area contributed by atoms with Crippen molar-refractivity contribution in [2.24, 2.45) is 0 Å². The first-order valence-corrected chi connectivity index (χ1v) is 9.43. The van der Waals surface area contributed by atoms with Crippen molar-refractivity contribution in [2.75, 3.05) is 46.3 Å². The third-order valence-corrected chi connectivity index (χ3v) is 5.75. The molecule has 0 saturated carbocycles. The number of likely N-dealkylation sites (N-methyl/N-ethyl adjacent to an activating group) is 1. The molecule has 2 heterocycles. The van der Waals surface area contributed by atoms with Gasteiger partial charge in [0.2, 0.25) is 5.91 Å². The van der Waals surface area contributed by atoms with Crippen LogP contribution in [0.25, 0.3) is 0 Å². The van der Waals surface area contributed by atoms with Gasteiger partial charge in [-0.1, -0.05) is 29.3 Å². The third kappa shape index (κ3) is 4.42. The van der Waals surface area contributed by atoms with Crippen molar-refractivity contribution < 1.29 is 4.79 Å². The third-order valence-electron chi connectivity index (χ3n) is 5.01. The number of hydrogen-bond acceptors (Lipinski definition) is 3. The number of likely N-dealkylation sites (tertiary alicyclic amines) is 1. The largest absolute Gasteiger partial charge is 0.336 e. The molecule has 1 atom stereocenters. The first kappa shape index (κ1) is 18.0. The number of amides is 1. The minimum absolute atomic E-state index is 0.186. The summed E-state index contributed by atoms with van der Waals surface area (Å²) in [5.41, 5.74) is 0.924. The molecule has 0 N–H and O–H groups in total. The van der Waals surface area contributed by atoms with Crippen LogP contribution in [0.3, 0.4) is 0 Å². The number of halogens is 2. The van der Waals surface area contributed by atoms with Crippen LogP contribution >= 0.6 is 23.2 Å². The van der Waals surface area contributed by atoms with Crippen molar-refractivity contribution in [3.05, 3.63) is 33.8 Å². The van der Waals surface area contributed by atoms with E-state index in [4.69, 9.17) is 23.2 Å². The molecule has 3 rings (SSSR count). The van der Waals surface area contributed by atoms with Gasteiger partial charge in [-0.15, -0.1) is 0 Å². The second-order valence-corrected chi connectivity index (χ2v) is 7.75. The van der Waals surface area contributed by atoms with Crippen LogP contribution in [0, 0.1) is 0 Å². The van der Waals surface area contributed by atoms with E-state index in [-0.39, 0.29) is 11.9 Å². The quantitative estimate of drug-likeness (QED) is 0.816. The van der Waals surface area contributed by atoms with Gasteiger partial charge in [0.05, 0.1) is 22.5 Å². The van der Waals surface area contributed by atoms with Gasteiger partial charge in [-0.3, -0.25) is 4.79 Å². The van der Waals surface area contributed by atoms with E-state index >= 15 is 0 Å². The van der Waals surface area contributed by atoms with Crippen LogP contribution in [0.15, 0.2) is 18.2 Å². The second kappa shape index (κ2) is 8.05. The van der Waals surface area contributed by atoms with Gasteiger partial charge in [0.25, 0.3) is 0 Å². The molecule has 1 aromatic rings. The Morgan fingerprint density at radius 3 is 2.58 bits per heavy atom. The van der Waals surface area contributed by atoms with Crippen LogP contribution < -0.4 is 0 Å². The van der Waals surface area contributed by atoms with Crippen LogP contribution in [0.2, 0.25) is 10.0 Å². The van der Waals surface area contributed by atoms with Crippen LogP contribution in [0.5, 0.6) is 0 Å². The molecule has 132 valence electrons. The Kier molecular flexibility index (Phi) is 6.03. The summed E-state index contributed by atoms with van der Waals surface area (Å²) in [6.07, 6.45) is 2.94. The molecule has 0 aromatic heterocycles. The van der Waals surface area contributed by atoms with E-state index in [1.807, 2.05) is 6.07 Å². The van der Waals surface area contributed by atoms with Gasteiger partial charge in [0.1, 0.15) is 0 Å². The van der Waals surface area contributed by atoms with Crippen molar-refractivity contribution in [2.45, 2.75) is 25.3 Å². The Balaban J connectivity index is 1.66. The molecule has 2 aliphatic heterocycles. The highest BCUT2D eigenvalue weighted by atomic mass is 35.5. The summed E-state index contributed by atoms with van der Waals surface area (Å²) in [4.78, 5) is 19.8. The molecule has 6 heteroatoms.